The van der Waals surface area contributed by atoms with E-state index in [-0.39, 0.29) is 5.91 Å². The van der Waals surface area contributed by atoms with Crippen molar-refractivity contribution in [2.24, 2.45) is 0 Å². The normalized spacial score (nSPS) is 10.3. The van der Waals surface area contributed by atoms with Crippen LogP contribution in [0.25, 0.3) is 0 Å². The van der Waals surface area contributed by atoms with E-state index in [1.54, 1.807) is 0 Å². The smallest absolute Gasteiger partial charge is 0.224 e. The number of nitrogens with one attached hydrogen (secondary N) is 1. The lowest BCUT2D eigenvalue weighted by Gasteiger charge is -2.12. The lowest BCUT2D eigenvalue weighted by Crippen LogP contribution is -2.14. The molecule has 2 rings (SSSR count). The second-order valence-corrected chi connectivity index (χ2v) is 5.31. The van der Waals surface area contributed by atoms with Crippen molar-refractivity contribution in [1.29, 1.82) is 0 Å². The zero-order valence-corrected chi connectivity index (χ0v) is 12.4. The van der Waals surface area contributed by atoms with Crippen molar-refractivity contribution in [3.05, 3.63) is 64.7 Å². The lowest BCUT2D eigenvalue weighted by molar-refractivity contribution is -0.116. The minimum Gasteiger partial charge on any atom is -0.326 e. The third-order valence-electron chi connectivity index (χ3n) is 3.43. The van der Waals surface area contributed by atoms with Gasteiger partial charge in [-0.2, -0.15) is 0 Å². The summed E-state index contributed by atoms with van der Waals surface area (Å²) >= 11 is 0. The van der Waals surface area contributed by atoms with Gasteiger partial charge in [0, 0.05) is 12.1 Å². The molecule has 0 atom stereocenters. The van der Waals surface area contributed by atoms with Crippen LogP contribution in [0.15, 0.2) is 42.5 Å². The van der Waals surface area contributed by atoms with Gasteiger partial charge in [0.1, 0.15) is 0 Å². The van der Waals surface area contributed by atoms with Gasteiger partial charge in [-0.1, -0.05) is 48.0 Å². The molecule has 20 heavy (non-hydrogen) atoms. The number of carbonyl (C=O) groups excluding carboxylic acids is 1. The summed E-state index contributed by atoms with van der Waals surface area (Å²) in [5, 5.41) is 3.04. The van der Waals surface area contributed by atoms with Crippen LogP contribution < -0.4 is 5.32 Å². The second kappa shape index (κ2) is 6.38. The van der Waals surface area contributed by atoms with E-state index >= 15 is 0 Å². The molecule has 0 fully saturated rings. The average molecular weight is 267 g/mol. The van der Waals surface area contributed by atoms with Gasteiger partial charge in [-0.3, -0.25) is 4.79 Å². The highest BCUT2D eigenvalue weighted by Gasteiger charge is 2.08. The predicted molar refractivity (Wildman–Crippen MR) is 84.0 cm³/mol. The molecule has 0 aliphatic heterocycles. The molecule has 104 valence electrons. The number of hydrogen-bond acceptors (Lipinski definition) is 1. The number of amides is 1. The van der Waals surface area contributed by atoms with E-state index in [4.69, 9.17) is 0 Å². The predicted octanol–water partition coefficient (Wildman–Crippen LogP) is 4.18. The van der Waals surface area contributed by atoms with Crippen molar-refractivity contribution >= 4 is 11.6 Å². The van der Waals surface area contributed by atoms with Crippen LogP contribution in [0.2, 0.25) is 0 Å². The molecule has 0 saturated carbocycles. The van der Waals surface area contributed by atoms with E-state index in [0.29, 0.717) is 6.42 Å². The molecule has 0 bridgehead atoms. The standard InChI is InChI=1S/C18H21NO/c1-13-11-14(2)18(15(3)12-13)19-17(20)10-9-16-7-5-4-6-8-16/h4-8,11-12H,9-10H2,1-3H3,(H,19,20). The molecular weight excluding hydrogens is 246 g/mol. The molecule has 2 aromatic rings. The summed E-state index contributed by atoms with van der Waals surface area (Å²) in [7, 11) is 0. The summed E-state index contributed by atoms with van der Waals surface area (Å²) in [5.74, 6) is 0.0731. The number of aryl methyl sites for hydroxylation is 4. The van der Waals surface area contributed by atoms with Gasteiger partial charge in [0.05, 0.1) is 0 Å². The number of anilines is 1. The van der Waals surface area contributed by atoms with E-state index in [1.165, 1.54) is 11.1 Å². The van der Waals surface area contributed by atoms with Crippen molar-refractivity contribution in [1.82, 2.24) is 0 Å². The zero-order chi connectivity index (χ0) is 14.5. The molecule has 0 aliphatic rings. The number of carbonyl (C=O) groups is 1. The summed E-state index contributed by atoms with van der Waals surface area (Å²) < 4.78 is 0. The van der Waals surface area contributed by atoms with Gasteiger partial charge in [-0.15, -0.1) is 0 Å². The average Bonchev–Trinajstić information content (AvgIpc) is 2.42. The largest absolute Gasteiger partial charge is 0.326 e. The van der Waals surface area contributed by atoms with Crippen LogP contribution in [0.3, 0.4) is 0 Å². The van der Waals surface area contributed by atoms with Crippen molar-refractivity contribution in [2.75, 3.05) is 5.32 Å². The first-order valence-corrected chi connectivity index (χ1v) is 6.98. The Morgan fingerprint density at radius 3 is 2.20 bits per heavy atom. The monoisotopic (exact) mass is 267 g/mol. The maximum absolute atomic E-state index is 12.1. The second-order valence-electron chi connectivity index (χ2n) is 5.31. The van der Waals surface area contributed by atoms with Crippen molar-refractivity contribution in [2.45, 2.75) is 33.6 Å². The molecule has 0 unspecified atom stereocenters. The van der Waals surface area contributed by atoms with E-state index in [1.807, 2.05) is 32.0 Å². The Morgan fingerprint density at radius 1 is 1.00 bits per heavy atom. The first-order chi connectivity index (χ1) is 9.56. The molecule has 0 saturated heterocycles. The molecule has 2 nitrogen and oxygen atoms in total. The molecular formula is C18H21NO. The van der Waals surface area contributed by atoms with E-state index in [9.17, 15) is 4.79 Å². The third kappa shape index (κ3) is 3.70. The first-order valence-electron chi connectivity index (χ1n) is 6.98. The SMILES string of the molecule is Cc1cc(C)c(NC(=O)CCc2ccccc2)c(C)c1. The summed E-state index contributed by atoms with van der Waals surface area (Å²) in [6.07, 6.45) is 1.29. The Bertz CT molecular complexity index is 579. The minimum absolute atomic E-state index is 0.0731. The molecule has 2 aromatic carbocycles. The Hall–Kier alpha value is -2.09. The molecule has 1 amide bonds. The van der Waals surface area contributed by atoms with Gasteiger partial charge in [-0.05, 0) is 43.9 Å². The highest BCUT2D eigenvalue weighted by molar-refractivity contribution is 5.92. The maximum atomic E-state index is 12.1. The lowest BCUT2D eigenvalue weighted by atomic mass is 10.0. The van der Waals surface area contributed by atoms with Gasteiger partial charge in [0.2, 0.25) is 5.91 Å². The highest BCUT2D eigenvalue weighted by Crippen LogP contribution is 2.22. The van der Waals surface area contributed by atoms with Gasteiger partial charge >= 0.3 is 0 Å². The fourth-order valence-electron chi connectivity index (χ4n) is 2.48. The molecule has 0 aliphatic carbocycles. The van der Waals surface area contributed by atoms with E-state index in [0.717, 1.165) is 23.2 Å². The zero-order valence-electron chi connectivity index (χ0n) is 12.4. The highest BCUT2D eigenvalue weighted by atomic mass is 16.1. The topological polar surface area (TPSA) is 29.1 Å². The molecule has 0 aromatic heterocycles. The van der Waals surface area contributed by atoms with Crippen molar-refractivity contribution in [3.8, 4) is 0 Å². The molecule has 0 heterocycles. The molecule has 0 spiro atoms. The van der Waals surface area contributed by atoms with Crippen LogP contribution in [0, 0.1) is 20.8 Å². The molecule has 2 heteroatoms. The van der Waals surface area contributed by atoms with Crippen LogP contribution in [0.1, 0.15) is 28.7 Å². The van der Waals surface area contributed by atoms with E-state index < -0.39 is 0 Å². The van der Waals surface area contributed by atoms with Gasteiger partial charge in [0.15, 0.2) is 0 Å². The number of hydrogen-bond donors (Lipinski definition) is 1. The molecule has 0 radical (unpaired) electrons. The van der Waals surface area contributed by atoms with Gasteiger partial charge < -0.3 is 5.32 Å². The van der Waals surface area contributed by atoms with Crippen molar-refractivity contribution < 1.29 is 4.79 Å². The van der Waals surface area contributed by atoms with Crippen LogP contribution in [0.5, 0.6) is 0 Å². The Balaban J connectivity index is 1.98. The molecule has 1 N–H and O–H groups in total. The summed E-state index contributed by atoms with van der Waals surface area (Å²) in [6, 6.07) is 14.3. The third-order valence-corrected chi connectivity index (χ3v) is 3.43. The van der Waals surface area contributed by atoms with E-state index in [2.05, 4.69) is 36.5 Å². The fourth-order valence-corrected chi connectivity index (χ4v) is 2.48. The van der Waals surface area contributed by atoms with Crippen LogP contribution in [-0.4, -0.2) is 5.91 Å². The minimum atomic E-state index is 0.0731. The fraction of sp³-hybridized carbons (Fsp3) is 0.278. The Labute approximate surface area is 120 Å². The Kier molecular flexibility index (Phi) is 4.57. The Morgan fingerprint density at radius 2 is 1.60 bits per heavy atom. The van der Waals surface area contributed by atoms with Gasteiger partial charge in [-0.25, -0.2) is 0 Å². The summed E-state index contributed by atoms with van der Waals surface area (Å²) in [6.45, 7) is 6.14. The van der Waals surface area contributed by atoms with Crippen LogP contribution in [-0.2, 0) is 11.2 Å². The van der Waals surface area contributed by atoms with Crippen LogP contribution >= 0.6 is 0 Å². The van der Waals surface area contributed by atoms with Crippen LogP contribution in [0.4, 0.5) is 5.69 Å². The number of benzene rings is 2. The number of rotatable bonds is 4. The maximum Gasteiger partial charge on any atom is 0.224 e. The quantitative estimate of drug-likeness (QED) is 0.884. The first kappa shape index (κ1) is 14.3. The summed E-state index contributed by atoms with van der Waals surface area (Å²) in [5.41, 5.74) is 5.61. The van der Waals surface area contributed by atoms with Crippen molar-refractivity contribution in [3.63, 3.8) is 0 Å². The van der Waals surface area contributed by atoms with Gasteiger partial charge in [0.25, 0.3) is 0 Å². The summed E-state index contributed by atoms with van der Waals surface area (Å²) in [4.78, 5) is 12.1.